The van der Waals surface area contributed by atoms with Gasteiger partial charge in [-0.3, -0.25) is 14.5 Å². The highest BCUT2D eigenvalue weighted by Crippen LogP contribution is 2.17. The van der Waals surface area contributed by atoms with Crippen molar-refractivity contribution >= 4 is 11.8 Å². The normalized spacial score (nSPS) is 19.0. The lowest BCUT2D eigenvalue weighted by molar-refractivity contribution is -0.132. The fourth-order valence-corrected chi connectivity index (χ4v) is 2.33. The molecule has 1 fully saturated rings. The number of nitrogens with zero attached hydrogens (tertiary/aromatic N) is 2. The third kappa shape index (κ3) is 3.60. The number of hydrogen-bond donors (Lipinski definition) is 1. The number of hydrogen-bond acceptors (Lipinski definition) is 4. The number of likely N-dealkylation sites (tertiary alicyclic amines) is 1. The molecule has 1 N–H and O–H groups in total. The van der Waals surface area contributed by atoms with Crippen LogP contribution in [-0.4, -0.2) is 54.8 Å². The third-order valence-electron chi connectivity index (χ3n) is 3.52. The standard InChI is InChI=1S/C14H21N3O3/c1-16(2)13(18)10-17-7-3-6-12(17)14(19)15-9-11-5-4-8-20-11/h4-5,8,12H,3,6-7,9-10H2,1-2H3,(H,15,19). The maximum absolute atomic E-state index is 12.2. The summed E-state index contributed by atoms with van der Waals surface area (Å²) in [5, 5.41) is 2.86. The lowest BCUT2D eigenvalue weighted by Crippen LogP contribution is -2.46. The van der Waals surface area contributed by atoms with Crippen LogP contribution in [0.1, 0.15) is 18.6 Å². The van der Waals surface area contributed by atoms with Gasteiger partial charge >= 0.3 is 0 Å². The molecule has 0 bridgehead atoms. The van der Waals surface area contributed by atoms with E-state index < -0.39 is 0 Å². The topological polar surface area (TPSA) is 65.8 Å². The van der Waals surface area contributed by atoms with Crippen LogP contribution in [0.4, 0.5) is 0 Å². The molecule has 2 heterocycles. The molecule has 1 aromatic heterocycles. The summed E-state index contributed by atoms with van der Waals surface area (Å²) in [6.07, 6.45) is 3.32. The summed E-state index contributed by atoms with van der Waals surface area (Å²) in [6.45, 7) is 1.47. The van der Waals surface area contributed by atoms with Gasteiger partial charge in [0.1, 0.15) is 5.76 Å². The highest BCUT2D eigenvalue weighted by Gasteiger charge is 2.31. The van der Waals surface area contributed by atoms with E-state index in [1.165, 1.54) is 0 Å². The average Bonchev–Trinajstić information content (AvgIpc) is 3.06. The Hall–Kier alpha value is -1.82. The number of amides is 2. The first-order chi connectivity index (χ1) is 9.58. The Balaban J connectivity index is 1.86. The Labute approximate surface area is 118 Å². The number of carbonyl (C=O) groups excluding carboxylic acids is 2. The van der Waals surface area contributed by atoms with Gasteiger partial charge in [0, 0.05) is 14.1 Å². The van der Waals surface area contributed by atoms with Crippen molar-refractivity contribution in [3.8, 4) is 0 Å². The molecule has 0 radical (unpaired) electrons. The van der Waals surface area contributed by atoms with Crippen LogP contribution in [0.5, 0.6) is 0 Å². The zero-order chi connectivity index (χ0) is 14.5. The Kier molecular flexibility index (Phi) is 4.79. The Morgan fingerprint density at radius 1 is 1.50 bits per heavy atom. The predicted octanol–water partition coefficient (Wildman–Crippen LogP) is 0.448. The van der Waals surface area contributed by atoms with Crippen LogP contribution in [0, 0.1) is 0 Å². The maximum Gasteiger partial charge on any atom is 0.237 e. The fourth-order valence-electron chi connectivity index (χ4n) is 2.33. The van der Waals surface area contributed by atoms with Gasteiger partial charge in [-0.25, -0.2) is 0 Å². The van der Waals surface area contributed by atoms with E-state index in [2.05, 4.69) is 5.32 Å². The van der Waals surface area contributed by atoms with Crippen molar-refractivity contribution < 1.29 is 14.0 Å². The minimum Gasteiger partial charge on any atom is -0.467 e. The van der Waals surface area contributed by atoms with Gasteiger partial charge in [-0.2, -0.15) is 0 Å². The molecule has 20 heavy (non-hydrogen) atoms. The Morgan fingerprint density at radius 3 is 2.95 bits per heavy atom. The van der Waals surface area contributed by atoms with E-state index in [4.69, 9.17) is 4.42 Å². The summed E-state index contributed by atoms with van der Waals surface area (Å²) in [4.78, 5) is 27.4. The van der Waals surface area contributed by atoms with Crippen molar-refractivity contribution in [1.82, 2.24) is 15.1 Å². The smallest absolute Gasteiger partial charge is 0.237 e. The van der Waals surface area contributed by atoms with Crippen molar-refractivity contribution in [1.29, 1.82) is 0 Å². The van der Waals surface area contributed by atoms with E-state index in [0.717, 1.165) is 25.1 Å². The SMILES string of the molecule is CN(C)C(=O)CN1CCCC1C(=O)NCc1ccco1. The minimum absolute atomic E-state index is 0.0238. The molecular formula is C14H21N3O3. The molecule has 1 aromatic rings. The number of carbonyl (C=O) groups is 2. The van der Waals surface area contributed by atoms with Crippen LogP contribution in [0.2, 0.25) is 0 Å². The lowest BCUT2D eigenvalue weighted by Gasteiger charge is -2.24. The van der Waals surface area contributed by atoms with Crippen molar-refractivity contribution in [3.05, 3.63) is 24.2 Å². The summed E-state index contributed by atoms with van der Waals surface area (Å²) in [5.74, 6) is 0.716. The first-order valence-corrected chi connectivity index (χ1v) is 6.82. The number of likely N-dealkylation sites (N-methyl/N-ethyl adjacent to an activating group) is 1. The highest BCUT2D eigenvalue weighted by molar-refractivity contribution is 5.83. The first-order valence-electron chi connectivity index (χ1n) is 6.82. The second-order valence-corrected chi connectivity index (χ2v) is 5.21. The monoisotopic (exact) mass is 279 g/mol. The second-order valence-electron chi connectivity index (χ2n) is 5.21. The third-order valence-corrected chi connectivity index (χ3v) is 3.52. The van der Waals surface area contributed by atoms with Gasteiger partial charge in [0.2, 0.25) is 11.8 Å². The van der Waals surface area contributed by atoms with E-state index in [1.54, 1.807) is 31.3 Å². The van der Waals surface area contributed by atoms with Crippen LogP contribution in [0.3, 0.4) is 0 Å². The average molecular weight is 279 g/mol. The molecule has 0 aliphatic carbocycles. The van der Waals surface area contributed by atoms with E-state index in [1.807, 2.05) is 11.0 Å². The van der Waals surface area contributed by atoms with Gasteiger partial charge in [-0.15, -0.1) is 0 Å². The van der Waals surface area contributed by atoms with Crippen LogP contribution in [0.15, 0.2) is 22.8 Å². The first kappa shape index (κ1) is 14.6. The van der Waals surface area contributed by atoms with Gasteiger partial charge in [0.15, 0.2) is 0 Å². The summed E-state index contributed by atoms with van der Waals surface area (Å²) in [7, 11) is 3.45. The van der Waals surface area contributed by atoms with E-state index in [-0.39, 0.29) is 17.9 Å². The molecule has 6 heteroatoms. The van der Waals surface area contributed by atoms with Gasteiger partial charge in [-0.05, 0) is 31.5 Å². The molecule has 1 atom stereocenters. The molecule has 1 aliphatic rings. The van der Waals surface area contributed by atoms with Gasteiger partial charge in [0.05, 0.1) is 25.4 Å². The Bertz CT molecular complexity index is 456. The van der Waals surface area contributed by atoms with Gasteiger partial charge < -0.3 is 14.6 Å². The van der Waals surface area contributed by atoms with Crippen molar-refractivity contribution in [3.63, 3.8) is 0 Å². The molecule has 110 valence electrons. The minimum atomic E-state index is -0.214. The predicted molar refractivity (Wildman–Crippen MR) is 73.8 cm³/mol. The zero-order valence-electron chi connectivity index (χ0n) is 12.0. The van der Waals surface area contributed by atoms with Crippen LogP contribution < -0.4 is 5.32 Å². The van der Waals surface area contributed by atoms with Crippen LogP contribution in [0.25, 0.3) is 0 Å². The van der Waals surface area contributed by atoms with E-state index in [9.17, 15) is 9.59 Å². The summed E-state index contributed by atoms with van der Waals surface area (Å²) >= 11 is 0. The van der Waals surface area contributed by atoms with Crippen LogP contribution in [-0.2, 0) is 16.1 Å². The van der Waals surface area contributed by atoms with Crippen LogP contribution >= 0.6 is 0 Å². The van der Waals surface area contributed by atoms with Crippen molar-refractivity contribution in [2.45, 2.75) is 25.4 Å². The molecule has 6 nitrogen and oxygen atoms in total. The molecule has 0 spiro atoms. The van der Waals surface area contributed by atoms with Gasteiger partial charge in [0.25, 0.3) is 0 Å². The number of nitrogens with one attached hydrogen (secondary N) is 1. The Morgan fingerprint density at radius 2 is 2.30 bits per heavy atom. The number of furan rings is 1. The number of rotatable bonds is 5. The molecule has 2 amide bonds. The molecule has 1 saturated heterocycles. The lowest BCUT2D eigenvalue weighted by atomic mass is 10.2. The summed E-state index contributed by atoms with van der Waals surface area (Å²) in [5.41, 5.74) is 0. The maximum atomic E-state index is 12.2. The molecule has 2 rings (SSSR count). The van der Waals surface area contributed by atoms with E-state index >= 15 is 0 Å². The second kappa shape index (κ2) is 6.56. The van der Waals surface area contributed by atoms with Crippen molar-refractivity contribution in [2.75, 3.05) is 27.2 Å². The molecular weight excluding hydrogens is 258 g/mol. The molecule has 0 saturated carbocycles. The largest absolute Gasteiger partial charge is 0.467 e. The molecule has 1 aliphatic heterocycles. The zero-order valence-corrected chi connectivity index (χ0v) is 12.0. The highest BCUT2D eigenvalue weighted by atomic mass is 16.3. The summed E-state index contributed by atoms with van der Waals surface area (Å²) in [6, 6.07) is 3.40. The molecule has 1 unspecified atom stereocenters. The van der Waals surface area contributed by atoms with E-state index in [0.29, 0.717) is 13.1 Å². The molecule has 0 aromatic carbocycles. The fraction of sp³-hybridized carbons (Fsp3) is 0.571. The van der Waals surface area contributed by atoms with Gasteiger partial charge in [-0.1, -0.05) is 0 Å². The van der Waals surface area contributed by atoms with Crippen molar-refractivity contribution in [2.24, 2.45) is 0 Å². The summed E-state index contributed by atoms with van der Waals surface area (Å²) < 4.78 is 5.18. The quantitative estimate of drug-likeness (QED) is 0.850.